The number of amides is 1. The maximum atomic E-state index is 12.4. The van der Waals surface area contributed by atoms with Crippen LogP contribution in [0.25, 0.3) is 0 Å². The van der Waals surface area contributed by atoms with Crippen molar-refractivity contribution < 1.29 is 9.90 Å². The summed E-state index contributed by atoms with van der Waals surface area (Å²) in [5.41, 5.74) is 0. The third-order valence-corrected chi connectivity index (χ3v) is 4.59. The minimum Gasteiger partial charge on any atom is -0.507 e. The number of hydrogen-bond donors (Lipinski definition) is 1. The van der Waals surface area contributed by atoms with E-state index in [4.69, 9.17) is 0 Å². The second-order valence-electron chi connectivity index (χ2n) is 4.97. The van der Waals surface area contributed by atoms with Crippen molar-refractivity contribution in [2.24, 2.45) is 0 Å². The van der Waals surface area contributed by atoms with Gasteiger partial charge in [-0.25, -0.2) is 0 Å². The number of hydrogen-bond acceptors (Lipinski definition) is 3. The maximum absolute atomic E-state index is 12.4. The van der Waals surface area contributed by atoms with Gasteiger partial charge in [-0.05, 0) is 31.9 Å². The first-order valence-corrected chi connectivity index (χ1v) is 7.80. The van der Waals surface area contributed by atoms with Crippen LogP contribution >= 0.6 is 11.8 Å². The topological polar surface area (TPSA) is 40.5 Å². The fraction of sp³-hybridized carbons (Fsp3) is 0.533. The zero-order chi connectivity index (χ0) is 13.7. The van der Waals surface area contributed by atoms with Crippen molar-refractivity contribution in [3.8, 4) is 5.75 Å². The molecule has 0 radical (unpaired) electrons. The van der Waals surface area contributed by atoms with E-state index in [1.807, 2.05) is 24.0 Å². The molecule has 19 heavy (non-hydrogen) atoms. The summed E-state index contributed by atoms with van der Waals surface area (Å²) in [6.45, 7) is 3.68. The molecule has 0 aromatic heterocycles. The molecule has 0 aliphatic carbocycles. The summed E-state index contributed by atoms with van der Waals surface area (Å²) >= 11 is 1.44. The van der Waals surface area contributed by atoms with Crippen LogP contribution in [-0.2, 0) is 4.79 Å². The SMILES string of the molecule is CC(Sc1ccccc1O)C(=O)N1CCCCCC1. The van der Waals surface area contributed by atoms with E-state index >= 15 is 0 Å². The molecule has 1 unspecified atom stereocenters. The molecule has 4 heteroatoms. The molecule has 0 spiro atoms. The summed E-state index contributed by atoms with van der Waals surface area (Å²) in [7, 11) is 0. The number of para-hydroxylation sites is 1. The van der Waals surface area contributed by atoms with Crippen LogP contribution in [0.2, 0.25) is 0 Å². The summed E-state index contributed by atoms with van der Waals surface area (Å²) in [5.74, 6) is 0.443. The Bertz CT molecular complexity index is 428. The average molecular weight is 279 g/mol. The summed E-state index contributed by atoms with van der Waals surface area (Å²) in [5, 5.41) is 9.60. The molecular formula is C15H21NO2S. The standard InChI is InChI=1S/C15H21NO2S/c1-12(19-14-9-5-4-8-13(14)17)15(18)16-10-6-2-3-7-11-16/h4-5,8-9,12,17H,2-3,6-7,10-11H2,1H3. The van der Waals surface area contributed by atoms with E-state index in [1.54, 1.807) is 12.1 Å². The number of carbonyl (C=O) groups is 1. The van der Waals surface area contributed by atoms with Crippen LogP contribution in [-0.4, -0.2) is 34.3 Å². The molecule has 3 nitrogen and oxygen atoms in total. The van der Waals surface area contributed by atoms with E-state index in [0.717, 1.165) is 30.8 Å². The van der Waals surface area contributed by atoms with E-state index in [-0.39, 0.29) is 16.9 Å². The van der Waals surface area contributed by atoms with Crippen molar-refractivity contribution in [3.05, 3.63) is 24.3 Å². The van der Waals surface area contributed by atoms with Gasteiger partial charge in [-0.15, -0.1) is 11.8 Å². The molecule has 1 aromatic rings. The third-order valence-electron chi connectivity index (χ3n) is 3.43. The maximum Gasteiger partial charge on any atom is 0.235 e. The molecule has 1 amide bonds. The minimum atomic E-state index is -0.147. The fourth-order valence-electron chi connectivity index (χ4n) is 2.35. The molecule has 1 fully saturated rings. The zero-order valence-corrected chi connectivity index (χ0v) is 12.2. The van der Waals surface area contributed by atoms with Crippen molar-refractivity contribution in [2.75, 3.05) is 13.1 Å². The van der Waals surface area contributed by atoms with Gasteiger partial charge in [-0.2, -0.15) is 0 Å². The van der Waals surface area contributed by atoms with Crippen LogP contribution in [0.1, 0.15) is 32.6 Å². The lowest BCUT2D eigenvalue weighted by atomic mass is 10.2. The quantitative estimate of drug-likeness (QED) is 0.863. The fourth-order valence-corrected chi connectivity index (χ4v) is 3.32. The van der Waals surface area contributed by atoms with Gasteiger partial charge in [0.2, 0.25) is 5.91 Å². The van der Waals surface area contributed by atoms with E-state index < -0.39 is 0 Å². The Morgan fingerprint density at radius 2 is 1.84 bits per heavy atom. The van der Waals surface area contributed by atoms with Crippen molar-refractivity contribution in [3.63, 3.8) is 0 Å². The van der Waals surface area contributed by atoms with Crippen LogP contribution in [0.3, 0.4) is 0 Å². The molecule has 1 N–H and O–H groups in total. The molecule has 1 heterocycles. The predicted octanol–water partition coefficient (Wildman–Crippen LogP) is 3.28. The Kier molecular flexibility index (Phi) is 5.14. The lowest BCUT2D eigenvalue weighted by Gasteiger charge is -2.24. The normalized spacial score (nSPS) is 17.8. The van der Waals surface area contributed by atoms with Crippen molar-refractivity contribution in [1.82, 2.24) is 4.90 Å². The lowest BCUT2D eigenvalue weighted by Crippen LogP contribution is -2.37. The smallest absolute Gasteiger partial charge is 0.235 e. The van der Waals surface area contributed by atoms with E-state index in [1.165, 1.54) is 24.6 Å². The van der Waals surface area contributed by atoms with Gasteiger partial charge >= 0.3 is 0 Å². The Balaban J connectivity index is 1.97. The molecule has 1 aliphatic rings. The van der Waals surface area contributed by atoms with Gasteiger partial charge in [0.05, 0.1) is 5.25 Å². The number of likely N-dealkylation sites (tertiary alicyclic amines) is 1. The van der Waals surface area contributed by atoms with Crippen LogP contribution in [0.4, 0.5) is 0 Å². The van der Waals surface area contributed by atoms with Crippen molar-refractivity contribution in [1.29, 1.82) is 0 Å². The zero-order valence-electron chi connectivity index (χ0n) is 11.3. The highest BCUT2D eigenvalue weighted by Gasteiger charge is 2.22. The molecule has 0 bridgehead atoms. The van der Waals surface area contributed by atoms with Crippen LogP contribution in [0.15, 0.2) is 29.2 Å². The molecular weight excluding hydrogens is 258 g/mol. The highest BCUT2D eigenvalue weighted by Crippen LogP contribution is 2.32. The first-order valence-electron chi connectivity index (χ1n) is 6.92. The van der Waals surface area contributed by atoms with Gasteiger partial charge in [0.1, 0.15) is 5.75 Å². The molecule has 1 saturated heterocycles. The monoisotopic (exact) mass is 279 g/mol. The highest BCUT2D eigenvalue weighted by atomic mass is 32.2. The lowest BCUT2D eigenvalue weighted by molar-refractivity contribution is -0.130. The molecule has 1 aromatic carbocycles. The second-order valence-corrected chi connectivity index (χ2v) is 6.35. The van der Waals surface area contributed by atoms with E-state index in [2.05, 4.69) is 0 Å². The summed E-state index contributed by atoms with van der Waals surface area (Å²) in [6.07, 6.45) is 4.68. The first-order chi connectivity index (χ1) is 9.18. The summed E-state index contributed by atoms with van der Waals surface area (Å²) < 4.78 is 0. The Morgan fingerprint density at radius 3 is 2.47 bits per heavy atom. The number of phenols is 1. The van der Waals surface area contributed by atoms with Crippen molar-refractivity contribution >= 4 is 17.7 Å². The predicted molar refractivity (Wildman–Crippen MR) is 78.5 cm³/mol. The van der Waals surface area contributed by atoms with E-state index in [9.17, 15) is 9.90 Å². The number of thioether (sulfide) groups is 1. The third kappa shape index (κ3) is 3.90. The van der Waals surface area contributed by atoms with Gasteiger partial charge in [-0.1, -0.05) is 25.0 Å². The van der Waals surface area contributed by atoms with Crippen molar-refractivity contribution in [2.45, 2.75) is 42.8 Å². The van der Waals surface area contributed by atoms with Gasteiger partial charge in [0.15, 0.2) is 0 Å². The van der Waals surface area contributed by atoms with E-state index in [0.29, 0.717) is 0 Å². The molecule has 1 atom stereocenters. The molecule has 1 aliphatic heterocycles. The van der Waals surface area contributed by atoms with Crippen LogP contribution < -0.4 is 0 Å². The Hall–Kier alpha value is -1.16. The average Bonchev–Trinajstić information content (AvgIpc) is 2.69. The van der Waals surface area contributed by atoms with Gasteiger partial charge in [0.25, 0.3) is 0 Å². The second kappa shape index (κ2) is 6.85. The first kappa shape index (κ1) is 14.3. The molecule has 0 saturated carbocycles. The molecule has 2 rings (SSSR count). The summed E-state index contributed by atoms with van der Waals surface area (Å²) in [4.78, 5) is 15.1. The van der Waals surface area contributed by atoms with Crippen LogP contribution in [0.5, 0.6) is 5.75 Å². The largest absolute Gasteiger partial charge is 0.507 e. The number of benzene rings is 1. The number of phenolic OH excluding ortho intramolecular Hbond substituents is 1. The Labute approximate surface area is 119 Å². The highest BCUT2D eigenvalue weighted by molar-refractivity contribution is 8.00. The van der Waals surface area contributed by atoms with Crippen LogP contribution in [0, 0.1) is 0 Å². The summed E-state index contributed by atoms with van der Waals surface area (Å²) in [6, 6.07) is 7.18. The number of rotatable bonds is 3. The number of aromatic hydroxyl groups is 1. The van der Waals surface area contributed by atoms with Gasteiger partial charge in [-0.3, -0.25) is 4.79 Å². The number of carbonyl (C=O) groups excluding carboxylic acids is 1. The Morgan fingerprint density at radius 1 is 1.21 bits per heavy atom. The minimum absolute atomic E-state index is 0.147. The number of nitrogens with zero attached hydrogens (tertiary/aromatic N) is 1. The molecule has 104 valence electrons. The van der Waals surface area contributed by atoms with Gasteiger partial charge in [0, 0.05) is 18.0 Å². The van der Waals surface area contributed by atoms with Gasteiger partial charge < -0.3 is 10.0 Å².